The van der Waals surface area contributed by atoms with Gasteiger partial charge in [-0.15, -0.1) is 0 Å². The largest absolute Gasteiger partial charge is 0.493 e. The molecule has 14 nitrogen and oxygen atoms in total. The first-order chi connectivity index (χ1) is 21.5. The van der Waals surface area contributed by atoms with E-state index in [1.54, 1.807) is 70.5 Å². The fourth-order valence-electron chi connectivity index (χ4n) is 4.46. The number of nitrogens with zero attached hydrogens (tertiary/aromatic N) is 5. The number of hydrogen-bond acceptors (Lipinski definition) is 10. The summed E-state index contributed by atoms with van der Waals surface area (Å²) in [5.41, 5.74) is 0.891. The van der Waals surface area contributed by atoms with Gasteiger partial charge in [-0.1, -0.05) is 6.07 Å². The Morgan fingerprint density at radius 2 is 1.67 bits per heavy atom. The van der Waals surface area contributed by atoms with Gasteiger partial charge in [0.1, 0.15) is 25.0 Å². The van der Waals surface area contributed by atoms with Crippen LogP contribution in [0.4, 0.5) is 16.2 Å². The van der Waals surface area contributed by atoms with E-state index in [9.17, 15) is 14.4 Å². The van der Waals surface area contributed by atoms with E-state index < -0.39 is 11.7 Å². The van der Waals surface area contributed by atoms with Gasteiger partial charge in [-0.25, -0.2) is 14.8 Å². The highest BCUT2D eigenvalue weighted by Gasteiger charge is 2.36. The van der Waals surface area contributed by atoms with Gasteiger partial charge in [0, 0.05) is 23.5 Å². The predicted octanol–water partition coefficient (Wildman–Crippen LogP) is 4.61. The Labute approximate surface area is 259 Å². The summed E-state index contributed by atoms with van der Waals surface area (Å²) >= 11 is 0. The quantitative estimate of drug-likeness (QED) is 0.243. The number of carbonyl (C=O) groups excluding carboxylic acids is 3. The molecule has 2 aromatic carbocycles. The summed E-state index contributed by atoms with van der Waals surface area (Å²) in [4.78, 5) is 48.1. The normalized spacial score (nSPS) is 12.7. The lowest BCUT2D eigenvalue weighted by Crippen LogP contribution is -2.42. The average molecular weight is 618 g/mol. The van der Waals surface area contributed by atoms with Crippen LogP contribution in [0.2, 0.25) is 0 Å². The molecule has 0 aliphatic heterocycles. The van der Waals surface area contributed by atoms with Crippen LogP contribution in [0.3, 0.4) is 0 Å². The van der Waals surface area contributed by atoms with Gasteiger partial charge in [-0.3, -0.25) is 19.2 Å². The van der Waals surface area contributed by atoms with Gasteiger partial charge < -0.3 is 29.6 Å². The van der Waals surface area contributed by atoms with Gasteiger partial charge in [0.15, 0.2) is 17.2 Å². The van der Waals surface area contributed by atoms with Gasteiger partial charge in [-0.05, 0) is 57.9 Å². The summed E-state index contributed by atoms with van der Waals surface area (Å²) in [5.74, 6) is 0.974. The zero-order chi connectivity index (χ0) is 32.1. The standard InChI is InChI=1S/C31H35N7O7/c1-31(2,3)45-30(41)38(21-9-10-21)17-28(40)36-20-8-6-7-19(11-20)35-27(39)16-37-15-22(14-34-37)44-29-23-12-25(42-4)26(43-5)13-24(23)32-18-33-29/h6-8,11-15,18,21H,9-10,16-17H2,1-5H3,(H,35,39)(H,36,40). The first kappa shape index (κ1) is 31.0. The Morgan fingerprint density at radius 1 is 0.978 bits per heavy atom. The van der Waals surface area contributed by atoms with Crippen molar-refractivity contribution in [2.45, 2.75) is 51.8 Å². The molecule has 0 saturated heterocycles. The van der Waals surface area contributed by atoms with Crippen molar-refractivity contribution in [1.29, 1.82) is 0 Å². The van der Waals surface area contributed by atoms with Crippen molar-refractivity contribution < 1.29 is 33.3 Å². The number of amides is 3. The molecule has 2 aromatic heterocycles. The van der Waals surface area contributed by atoms with Crippen molar-refractivity contribution in [3.63, 3.8) is 0 Å². The van der Waals surface area contributed by atoms with E-state index in [-0.39, 0.29) is 36.8 Å². The maximum Gasteiger partial charge on any atom is 0.411 e. The van der Waals surface area contributed by atoms with E-state index in [4.69, 9.17) is 18.9 Å². The molecule has 1 fully saturated rings. The smallest absolute Gasteiger partial charge is 0.411 e. The lowest BCUT2D eigenvalue weighted by atomic mass is 10.2. The molecule has 45 heavy (non-hydrogen) atoms. The third kappa shape index (κ3) is 8.16. The van der Waals surface area contributed by atoms with Crippen LogP contribution in [0.5, 0.6) is 23.1 Å². The molecular weight excluding hydrogens is 582 g/mol. The molecule has 1 saturated carbocycles. The van der Waals surface area contributed by atoms with E-state index in [2.05, 4.69) is 25.7 Å². The van der Waals surface area contributed by atoms with Crippen LogP contribution in [-0.4, -0.2) is 75.0 Å². The SMILES string of the molecule is COc1cc2ncnc(Oc3cnn(CC(=O)Nc4cccc(NC(=O)CN(C(=O)OC(C)(C)C)C5CC5)c4)c3)c2cc1OC. The minimum atomic E-state index is -0.659. The highest BCUT2D eigenvalue weighted by atomic mass is 16.6. The molecule has 14 heteroatoms. The third-order valence-corrected chi connectivity index (χ3v) is 6.59. The molecule has 3 amide bonds. The van der Waals surface area contributed by atoms with Crippen molar-refractivity contribution in [3.05, 3.63) is 55.1 Å². The second kappa shape index (κ2) is 13.1. The molecule has 2 heterocycles. The van der Waals surface area contributed by atoms with Crippen LogP contribution in [0, 0.1) is 0 Å². The minimum absolute atomic E-state index is 0.00244. The van der Waals surface area contributed by atoms with E-state index in [1.165, 1.54) is 29.2 Å². The third-order valence-electron chi connectivity index (χ3n) is 6.59. The minimum Gasteiger partial charge on any atom is -0.493 e. The van der Waals surface area contributed by atoms with Crippen molar-refractivity contribution in [2.24, 2.45) is 0 Å². The second-order valence-corrected chi connectivity index (χ2v) is 11.4. The van der Waals surface area contributed by atoms with Crippen LogP contribution in [0.25, 0.3) is 10.9 Å². The molecule has 0 spiro atoms. The van der Waals surface area contributed by atoms with Crippen LogP contribution in [-0.2, 0) is 20.9 Å². The lowest BCUT2D eigenvalue weighted by Gasteiger charge is -2.27. The number of hydrogen-bond donors (Lipinski definition) is 2. The fraction of sp³-hybridized carbons (Fsp3) is 0.355. The summed E-state index contributed by atoms with van der Waals surface area (Å²) in [5, 5.41) is 10.4. The van der Waals surface area contributed by atoms with E-state index in [0.717, 1.165) is 12.8 Å². The molecule has 1 aliphatic carbocycles. The van der Waals surface area contributed by atoms with E-state index >= 15 is 0 Å². The zero-order valence-electron chi connectivity index (χ0n) is 25.7. The maximum absolute atomic E-state index is 12.8. The first-order valence-electron chi connectivity index (χ1n) is 14.3. The summed E-state index contributed by atoms with van der Waals surface area (Å²) < 4.78 is 23.6. The Morgan fingerprint density at radius 3 is 2.33 bits per heavy atom. The number of nitrogens with one attached hydrogen (secondary N) is 2. The monoisotopic (exact) mass is 617 g/mol. The topological polar surface area (TPSA) is 159 Å². The highest BCUT2D eigenvalue weighted by molar-refractivity contribution is 5.96. The average Bonchev–Trinajstić information content (AvgIpc) is 3.73. The summed E-state index contributed by atoms with van der Waals surface area (Å²) in [6.45, 7) is 5.12. The molecule has 0 bridgehead atoms. The number of anilines is 2. The summed E-state index contributed by atoms with van der Waals surface area (Å²) in [6, 6.07) is 10.2. The molecule has 5 rings (SSSR count). The Hall–Kier alpha value is -5.40. The van der Waals surface area contributed by atoms with E-state index in [1.807, 2.05) is 0 Å². The number of ether oxygens (including phenoxy) is 4. The summed E-state index contributed by atoms with van der Waals surface area (Å²) in [6.07, 6.45) is 5.57. The van der Waals surface area contributed by atoms with Gasteiger partial charge >= 0.3 is 6.09 Å². The highest BCUT2D eigenvalue weighted by Crippen LogP contribution is 2.35. The summed E-state index contributed by atoms with van der Waals surface area (Å²) in [7, 11) is 3.08. The fourth-order valence-corrected chi connectivity index (χ4v) is 4.46. The van der Waals surface area contributed by atoms with Gasteiger partial charge in [0.05, 0.1) is 37.5 Å². The van der Waals surface area contributed by atoms with E-state index in [0.29, 0.717) is 39.5 Å². The van der Waals surface area contributed by atoms with Crippen LogP contribution < -0.4 is 24.8 Å². The number of carbonyl (C=O) groups is 3. The first-order valence-corrected chi connectivity index (χ1v) is 14.3. The number of methoxy groups -OCH3 is 2. The molecule has 0 atom stereocenters. The number of benzene rings is 2. The lowest BCUT2D eigenvalue weighted by molar-refractivity contribution is -0.118. The Bertz CT molecular complexity index is 1710. The Balaban J connectivity index is 1.17. The van der Waals surface area contributed by atoms with Gasteiger partial charge in [0.2, 0.25) is 17.7 Å². The van der Waals surface area contributed by atoms with Gasteiger partial charge in [-0.2, -0.15) is 5.10 Å². The van der Waals surface area contributed by atoms with Crippen LogP contribution in [0.15, 0.2) is 55.1 Å². The molecule has 4 aromatic rings. The number of fused-ring (bicyclic) bond motifs is 1. The number of aromatic nitrogens is 4. The second-order valence-electron chi connectivity index (χ2n) is 11.4. The molecule has 0 radical (unpaired) electrons. The Kier molecular flexibility index (Phi) is 9.02. The number of rotatable bonds is 11. The van der Waals surface area contributed by atoms with Crippen LogP contribution >= 0.6 is 0 Å². The predicted molar refractivity (Wildman–Crippen MR) is 165 cm³/mol. The molecule has 1 aliphatic rings. The van der Waals surface area contributed by atoms with Crippen molar-refractivity contribution in [2.75, 3.05) is 31.4 Å². The van der Waals surface area contributed by atoms with Gasteiger partial charge in [0.25, 0.3) is 0 Å². The van der Waals surface area contributed by atoms with Crippen molar-refractivity contribution in [3.8, 4) is 23.1 Å². The molecular formula is C31H35N7O7. The molecule has 236 valence electrons. The van der Waals surface area contributed by atoms with Crippen molar-refractivity contribution in [1.82, 2.24) is 24.6 Å². The molecule has 2 N–H and O–H groups in total. The van der Waals surface area contributed by atoms with Crippen LogP contribution in [0.1, 0.15) is 33.6 Å². The van der Waals surface area contributed by atoms with Crippen molar-refractivity contribution >= 4 is 40.2 Å². The molecule has 0 unspecified atom stereocenters. The zero-order valence-corrected chi connectivity index (χ0v) is 25.7. The maximum atomic E-state index is 12.8.